The third-order valence-electron chi connectivity index (χ3n) is 1.63. The molecule has 0 fully saturated rings. The van der Waals surface area contributed by atoms with Gasteiger partial charge in [0.15, 0.2) is 0 Å². The zero-order valence-corrected chi connectivity index (χ0v) is 10.5. The summed E-state index contributed by atoms with van der Waals surface area (Å²) in [5, 5.41) is 0. The van der Waals surface area contributed by atoms with E-state index in [1.807, 2.05) is 32.0 Å². The fourth-order valence-corrected chi connectivity index (χ4v) is 2.32. The van der Waals surface area contributed by atoms with Gasteiger partial charge in [-0.3, -0.25) is 0 Å². The van der Waals surface area contributed by atoms with Crippen LogP contribution in [0.5, 0.6) is 5.75 Å². The number of hydrogen-bond acceptors (Lipinski definition) is 1. The van der Waals surface area contributed by atoms with E-state index in [2.05, 4.69) is 0 Å². The van der Waals surface area contributed by atoms with E-state index < -0.39 is 6.25 Å². The lowest BCUT2D eigenvalue weighted by molar-refractivity contribution is 0.585. The Bertz CT molecular complexity index is 288. The van der Waals surface area contributed by atoms with Crippen molar-refractivity contribution in [3.05, 3.63) is 29.3 Å². The highest BCUT2D eigenvalue weighted by molar-refractivity contribution is 7.62. The summed E-state index contributed by atoms with van der Waals surface area (Å²) in [5.74, 6) is 0.689. The second kappa shape index (κ2) is 4.09. The molecule has 72 valence electrons. The van der Waals surface area contributed by atoms with Crippen molar-refractivity contribution in [1.82, 2.24) is 0 Å². The Morgan fingerprint density at radius 2 is 1.54 bits per heavy atom. The second-order valence-electron chi connectivity index (χ2n) is 2.77. The van der Waals surface area contributed by atoms with Crippen molar-refractivity contribution < 1.29 is 4.43 Å². The van der Waals surface area contributed by atoms with Gasteiger partial charge in [-0.1, -0.05) is 51.4 Å². The molecule has 0 aliphatic rings. The van der Waals surface area contributed by atoms with Gasteiger partial charge < -0.3 is 4.43 Å². The van der Waals surface area contributed by atoms with Crippen molar-refractivity contribution in [3.8, 4) is 5.75 Å². The predicted octanol–water partition coefficient (Wildman–Crippen LogP) is 3.83. The fourth-order valence-electron chi connectivity index (χ4n) is 1.08. The molecule has 0 N–H and O–H groups in total. The molecule has 0 atom stereocenters. The van der Waals surface area contributed by atoms with Crippen molar-refractivity contribution >= 4 is 39.5 Å². The molecule has 0 aliphatic carbocycles. The highest BCUT2D eigenvalue weighted by Crippen LogP contribution is 2.30. The predicted molar refractivity (Wildman–Crippen MR) is 59.9 cm³/mol. The first-order valence-corrected chi connectivity index (χ1v) is 8.66. The van der Waals surface area contributed by atoms with E-state index in [9.17, 15) is 0 Å². The number of halogens is 3. The highest BCUT2D eigenvalue weighted by atomic mass is 35.8. The number of aryl methyl sites for hydroxylation is 2. The third kappa shape index (κ3) is 3.39. The van der Waals surface area contributed by atoms with Gasteiger partial charge in [0.2, 0.25) is 0 Å². The lowest BCUT2D eigenvalue weighted by Gasteiger charge is -2.15. The third-order valence-corrected chi connectivity index (χ3v) is 2.76. The van der Waals surface area contributed by atoms with Gasteiger partial charge in [-0.05, 0) is 25.0 Å². The van der Waals surface area contributed by atoms with Crippen LogP contribution in [-0.2, 0) is 0 Å². The molecule has 0 amide bonds. The Labute approximate surface area is 92.8 Å². The maximum absolute atomic E-state index is 5.66. The van der Waals surface area contributed by atoms with Crippen LogP contribution < -0.4 is 4.43 Å². The molecular weight excluding hydrogens is 247 g/mol. The lowest BCUT2D eigenvalue weighted by Crippen LogP contribution is -2.21. The van der Waals surface area contributed by atoms with E-state index >= 15 is 0 Å². The number of rotatable bonds is 2. The van der Waals surface area contributed by atoms with Gasteiger partial charge in [0.1, 0.15) is 5.75 Å². The standard InChI is InChI=1S/C8H9Cl3OSi/c1-6-4-3-5-7(2)8(6)12-13(9,10)11/h3-5H,1-2H3. The van der Waals surface area contributed by atoms with Gasteiger partial charge in [0.05, 0.1) is 0 Å². The largest absolute Gasteiger partial charge is 0.555 e. The molecule has 0 bridgehead atoms. The molecule has 1 nitrogen and oxygen atoms in total. The summed E-state index contributed by atoms with van der Waals surface area (Å²) in [5.41, 5.74) is 1.97. The molecule has 5 heteroatoms. The fraction of sp³-hybridized carbons (Fsp3) is 0.250. The topological polar surface area (TPSA) is 9.23 Å². The van der Waals surface area contributed by atoms with Crippen molar-refractivity contribution in [2.75, 3.05) is 0 Å². The minimum absolute atomic E-state index is 0.689. The maximum atomic E-state index is 5.66. The first-order chi connectivity index (χ1) is 5.90. The molecular formula is C8H9Cl3OSi. The van der Waals surface area contributed by atoms with Crippen LogP contribution >= 0.6 is 33.2 Å². The minimum atomic E-state index is -3.04. The van der Waals surface area contributed by atoms with Crippen LogP contribution in [0.1, 0.15) is 11.1 Å². The van der Waals surface area contributed by atoms with Gasteiger partial charge in [-0.2, -0.15) is 0 Å². The summed E-state index contributed by atoms with van der Waals surface area (Å²) in [6.45, 7) is 3.85. The SMILES string of the molecule is Cc1cccc(C)c1O[Si](Cl)(Cl)Cl. The molecule has 0 aromatic heterocycles. The van der Waals surface area contributed by atoms with Gasteiger partial charge >= 0.3 is 6.25 Å². The molecule has 13 heavy (non-hydrogen) atoms. The summed E-state index contributed by atoms with van der Waals surface area (Å²) in [6.07, 6.45) is -3.04. The van der Waals surface area contributed by atoms with Crippen LogP contribution in [0.25, 0.3) is 0 Å². The van der Waals surface area contributed by atoms with Crippen LogP contribution in [0.15, 0.2) is 18.2 Å². The van der Waals surface area contributed by atoms with E-state index in [-0.39, 0.29) is 0 Å². The van der Waals surface area contributed by atoms with Crippen LogP contribution in [-0.4, -0.2) is 6.25 Å². The summed E-state index contributed by atoms with van der Waals surface area (Å²) in [4.78, 5) is 0. The molecule has 0 heterocycles. The first-order valence-electron chi connectivity index (χ1n) is 3.72. The Hall–Kier alpha value is 0.107. The number of hydrogen-bond donors (Lipinski definition) is 0. The number of para-hydroxylation sites is 1. The first kappa shape index (κ1) is 11.2. The van der Waals surface area contributed by atoms with E-state index in [4.69, 9.17) is 37.7 Å². The van der Waals surface area contributed by atoms with E-state index in [1.165, 1.54) is 0 Å². The highest BCUT2D eigenvalue weighted by Gasteiger charge is 2.31. The molecule has 0 radical (unpaired) electrons. The van der Waals surface area contributed by atoms with E-state index in [1.54, 1.807) is 0 Å². The van der Waals surface area contributed by atoms with Crippen molar-refractivity contribution in [2.24, 2.45) is 0 Å². The zero-order valence-electron chi connectivity index (χ0n) is 7.27. The normalized spacial score (nSPS) is 11.5. The number of benzene rings is 1. The monoisotopic (exact) mass is 254 g/mol. The molecule has 0 spiro atoms. The lowest BCUT2D eigenvalue weighted by atomic mass is 10.1. The van der Waals surface area contributed by atoms with Crippen molar-refractivity contribution in [2.45, 2.75) is 13.8 Å². The second-order valence-corrected chi connectivity index (χ2v) is 10.4. The van der Waals surface area contributed by atoms with Crippen molar-refractivity contribution in [1.29, 1.82) is 0 Å². The average molecular weight is 256 g/mol. The van der Waals surface area contributed by atoms with E-state index in [0.717, 1.165) is 11.1 Å². The van der Waals surface area contributed by atoms with Crippen LogP contribution in [0.3, 0.4) is 0 Å². The quantitative estimate of drug-likeness (QED) is 0.576. The summed E-state index contributed by atoms with van der Waals surface area (Å²) in [7, 11) is 0. The summed E-state index contributed by atoms with van der Waals surface area (Å²) in [6, 6.07) is 5.79. The Balaban J connectivity index is 3.00. The van der Waals surface area contributed by atoms with Crippen LogP contribution in [0.4, 0.5) is 0 Å². The molecule has 0 unspecified atom stereocenters. The van der Waals surface area contributed by atoms with Crippen molar-refractivity contribution in [3.63, 3.8) is 0 Å². The van der Waals surface area contributed by atoms with Gasteiger partial charge in [-0.25, -0.2) is 0 Å². The Morgan fingerprint density at radius 3 is 1.92 bits per heavy atom. The van der Waals surface area contributed by atoms with Crippen LogP contribution in [0, 0.1) is 13.8 Å². The maximum Gasteiger partial charge on any atom is 0.555 e. The van der Waals surface area contributed by atoms with Gasteiger partial charge in [-0.15, -0.1) is 0 Å². The van der Waals surface area contributed by atoms with Gasteiger partial charge in [0.25, 0.3) is 0 Å². The average Bonchev–Trinajstić information content (AvgIpc) is 1.95. The molecule has 0 saturated heterocycles. The molecule has 1 aromatic rings. The zero-order chi connectivity index (χ0) is 10.1. The molecule has 1 rings (SSSR count). The summed E-state index contributed by atoms with van der Waals surface area (Å²) >= 11 is 17.0. The van der Waals surface area contributed by atoms with Crippen LogP contribution in [0.2, 0.25) is 0 Å². The molecule has 0 saturated carbocycles. The Morgan fingerprint density at radius 1 is 1.08 bits per heavy atom. The smallest absolute Gasteiger partial charge is 0.507 e. The molecule has 0 aliphatic heterocycles. The summed E-state index contributed by atoms with van der Waals surface area (Å²) < 4.78 is 5.30. The van der Waals surface area contributed by atoms with Gasteiger partial charge in [0, 0.05) is 0 Å². The van der Waals surface area contributed by atoms with E-state index in [0.29, 0.717) is 5.75 Å². The molecule has 1 aromatic carbocycles. The Kier molecular flexibility index (Phi) is 3.52. The minimum Gasteiger partial charge on any atom is -0.507 e.